The van der Waals surface area contributed by atoms with Crippen molar-refractivity contribution < 1.29 is 4.79 Å². The average molecular weight is 241 g/mol. The van der Waals surface area contributed by atoms with Crippen molar-refractivity contribution in [1.29, 1.82) is 0 Å². The zero-order valence-electron chi connectivity index (χ0n) is 10.4. The Balaban J connectivity index is 2.29. The molecule has 4 heteroatoms. The first kappa shape index (κ1) is 12.1. The number of pyridine rings is 1. The Morgan fingerprint density at radius 1 is 1.22 bits per heavy atom. The zero-order chi connectivity index (χ0) is 13.1. The lowest BCUT2D eigenvalue weighted by atomic mass is 10.1. The van der Waals surface area contributed by atoms with E-state index >= 15 is 0 Å². The summed E-state index contributed by atoms with van der Waals surface area (Å²) in [6, 6.07) is 9.17. The Morgan fingerprint density at radius 2 is 1.89 bits per heavy atom. The van der Waals surface area contributed by atoms with E-state index in [0.29, 0.717) is 16.9 Å². The highest BCUT2D eigenvalue weighted by Gasteiger charge is 2.15. The number of nitrogens with zero attached hydrogens (tertiary/aromatic N) is 2. The standard InChI is InChI=1S/C14H15N3O/c1-10-3-5-11(6-4-10)14(18)17(2)13-7-8-16-9-12(13)15/h3-9H,15H2,1-2H3. The Kier molecular flexibility index (Phi) is 3.28. The molecule has 0 saturated heterocycles. The van der Waals surface area contributed by atoms with Gasteiger partial charge in [0.05, 0.1) is 17.6 Å². The van der Waals surface area contributed by atoms with Gasteiger partial charge in [0.2, 0.25) is 0 Å². The Morgan fingerprint density at radius 3 is 2.50 bits per heavy atom. The third-order valence-corrected chi connectivity index (χ3v) is 2.79. The van der Waals surface area contributed by atoms with Crippen molar-refractivity contribution in [3.05, 3.63) is 53.9 Å². The summed E-state index contributed by atoms with van der Waals surface area (Å²) in [5.41, 5.74) is 8.72. The fraction of sp³-hybridized carbons (Fsp3) is 0.143. The fourth-order valence-electron chi connectivity index (χ4n) is 1.70. The summed E-state index contributed by atoms with van der Waals surface area (Å²) in [6.45, 7) is 1.98. The van der Waals surface area contributed by atoms with E-state index in [1.807, 2.05) is 31.2 Å². The van der Waals surface area contributed by atoms with E-state index in [-0.39, 0.29) is 5.91 Å². The van der Waals surface area contributed by atoms with Crippen LogP contribution in [0.5, 0.6) is 0 Å². The van der Waals surface area contributed by atoms with Gasteiger partial charge < -0.3 is 10.6 Å². The molecule has 0 spiro atoms. The Bertz CT molecular complexity index is 564. The van der Waals surface area contributed by atoms with Gasteiger partial charge in [0.1, 0.15) is 0 Å². The molecule has 0 saturated carbocycles. The molecular formula is C14H15N3O. The van der Waals surface area contributed by atoms with Crippen molar-refractivity contribution >= 4 is 17.3 Å². The average Bonchev–Trinajstić information content (AvgIpc) is 2.38. The van der Waals surface area contributed by atoms with Crippen molar-refractivity contribution in [2.24, 2.45) is 0 Å². The third-order valence-electron chi connectivity index (χ3n) is 2.79. The first-order chi connectivity index (χ1) is 8.59. The maximum Gasteiger partial charge on any atom is 0.258 e. The van der Waals surface area contributed by atoms with E-state index in [9.17, 15) is 4.79 Å². The van der Waals surface area contributed by atoms with Crippen LogP contribution < -0.4 is 10.6 Å². The number of nitrogen functional groups attached to an aromatic ring is 1. The minimum Gasteiger partial charge on any atom is -0.396 e. The van der Waals surface area contributed by atoms with E-state index in [1.54, 1.807) is 19.3 Å². The highest BCUT2D eigenvalue weighted by Crippen LogP contribution is 2.21. The second-order valence-electron chi connectivity index (χ2n) is 4.16. The van der Waals surface area contributed by atoms with E-state index in [4.69, 9.17) is 5.73 Å². The van der Waals surface area contributed by atoms with E-state index in [2.05, 4.69) is 4.98 Å². The highest BCUT2D eigenvalue weighted by atomic mass is 16.2. The predicted molar refractivity (Wildman–Crippen MR) is 72.6 cm³/mol. The van der Waals surface area contributed by atoms with Crippen molar-refractivity contribution in [1.82, 2.24) is 4.98 Å². The molecule has 0 bridgehead atoms. The predicted octanol–water partition coefficient (Wildman–Crippen LogP) is 2.25. The van der Waals surface area contributed by atoms with Crippen molar-refractivity contribution in [2.75, 3.05) is 17.7 Å². The minimum atomic E-state index is -0.0899. The van der Waals surface area contributed by atoms with Crippen LogP contribution in [0.2, 0.25) is 0 Å². The largest absolute Gasteiger partial charge is 0.396 e. The summed E-state index contributed by atoms with van der Waals surface area (Å²) in [5, 5.41) is 0. The molecule has 4 nitrogen and oxygen atoms in total. The van der Waals surface area contributed by atoms with Crippen LogP contribution in [0.15, 0.2) is 42.7 Å². The second-order valence-corrected chi connectivity index (χ2v) is 4.16. The van der Waals surface area contributed by atoms with Crippen molar-refractivity contribution in [3.8, 4) is 0 Å². The van der Waals surface area contributed by atoms with Gasteiger partial charge in [0.25, 0.3) is 5.91 Å². The van der Waals surface area contributed by atoms with Crippen LogP contribution in [0, 0.1) is 6.92 Å². The number of hydrogen-bond donors (Lipinski definition) is 1. The molecule has 2 N–H and O–H groups in total. The highest BCUT2D eigenvalue weighted by molar-refractivity contribution is 6.07. The van der Waals surface area contributed by atoms with Crippen LogP contribution in [-0.2, 0) is 0 Å². The lowest BCUT2D eigenvalue weighted by Gasteiger charge is -2.18. The molecular weight excluding hydrogens is 226 g/mol. The van der Waals surface area contributed by atoms with Crippen LogP contribution in [0.25, 0.3) is 0 Å². The monoisotopic (exact) mass is 241 g/mol. The maximum absolute atomic E-state index is 12.3. The number of anilines is 2. The molecule has 2 rings (SSSR count). The molecule has 1 heterocycles. The normalized spacial score (nSPS) is 10.1. The summed E-state index contributed by atoms with van der Waals surface area (Å²) in [5.74, 6) is -0.0899. The first-order valence-corrected chi connectivity index (χ1v) is 5.64. The fourth-order valence-corrected chi connectivity index (χ4v) is 1.70. The van der Waals surface area contributed by atoms with Crippen LogP contribution in [0.1, 0.15) is 15.9 Å². The lowest BCUT2D eigenvalue weighted by Crippen LogP contribution is -2.27. The summed E-state index contributed by atoms with van der Waals surface area (Å²) >= 11 is 0. The number of nitrogens with two attached hydrogens (primary N) is 1. The molecule has 1 aromatic heterocycles. The number of aromatic nitrogens is 1. The summed E-state index contributed by atoms with van der Waals surface area (Å²) < 4.78 is 0. The number of benzene rings is 1. The zero-order valence-corrected chi connectivity index (χ0v) is 10.4. The molecule has 0 radical (unpaired) electrons. The van der Waals surface area contributed by atoms with Gasteiger partial charge in [0.15, 0.2) is 0 Å². The number of hydrogen-bond acceptors (Lipinski definition) is 3. The van der Waals surface area contributed by atoms with Gasteiger partial charge in [-0.15, -0.1) is 0 Å². The Hall–Kier alpha value is -2.36. The molecule has 0 unspecified atom stereocenters. The smallest absolute Gasteiger partial charge is 0.258 e. The molecule has 18 heavy (non-hydrogen) atoms. The van der Waals surface area contributed by atoms with Gasteiger partial charge in [-0.2, -0.15) is 0 Å². The first-order valence-electron chi connectivity index (χ1n) is 5.64. The maximum atomic E-state index is 12.3. The van der Waals surface area contributed by atoms with Gasteiger partial charge in [-0.1, -0.05) is 17.7 Å². The topological polar surface area (TPSA) is 59.2 Å². The second kappa shape index (κ2) is 4.87. The molecule has 0 aliphatic carbocycles. The number of rotatable bonds is 2. The number of carbonyl (C=O) groups excluding carboxylic acids is 1. The van der Waals surface area contributed by atoms with Gasteiger partial charge in [0, 0.05) is 18.8 Å². The van der Waals surface area contributed by atoms with Crippen molar-refractivity contribution in [3.63, 3.8) is 0 Å². The van der Waals surface area contributed by atoms with Gasteiger partial charge in [-0.3, -0.25) is 9.78 Å². The quantitative estimate of drug-likeness (QED) is 0.877. The van der Waals surface area contributed by atoms with Crippen LogP contribution in [0.3, 0.4) is 0 Å². The van der Waals surface area contributed by atoms with Crippen LogP contribution in [-0.4, -0.2) is 17.9 Å². The van der Waals surface area contributed by atoms with Crippen LogP contribution >= 0.6 is 0 Å². The molecule has 0 aliphatic heterocycles. The molecule has 0 fully saturated rings. The lowest BCUT2D eigenvalue weighted by molar-refractivity contribution is 0.0993. The van der Waals surface area contributed by atoms with Gasteiger partial charge in [-0.05, 0) is 25.1 Å². The van der Waals surface area contributed by atoms with Gasteiger partial charge >= 0.3 is 0 Å². The summed E-state index contributed by atoms with van der Waals surface area (Å²) in [7, 11) is 1.70. The molecule has 1 aromatic carbocycles. The third kappa shape index (κ3) is 2.32. The minimum absolute atomic E-state index is 0.0899. The van der Waals surface area contributed by atoms with E-state index < -0.39 is 0 Å². The van der Waals surface area contributed by atoms with Crippen LogP contribution in [0.4, 0.5) is 11.4 Å². The molecule has 92 valence electrons. The number of aryl methyl sites for hydroxylation is 1. The van der Waals surface area contributed by atoms with E-state index in [0.717, 1.165) is 5.56 Å². The molecule has 0 aliphatic rings. The summed E-state index contributed by atoms with van der Waals surface area (Å²) in [4.78, 5) is 17.7. The number of carbonyl (C=O) groups is 1. The summed E-state index contributed by atoms with van der Waals surface area (Å²) in [6.07, 6.45) is 3.15. The Labute approximate surface area is 106 Å². The van der Waals surface area contributed by atoms with Crippen molar-refractivity contribution in [2.45, 2.75) is 6.92 Å². The molecule has 0 atom stereocenters. The number of amides is 1. The van der Waals surface area contributed by atoms with Gasteiger partial charge in [-0.25, -0.2) is 0 Å². The van der Waals surface area contributed by atoms with E-state index in [1.165, 1.54) is 11.1 Å². The SMILES string of the molecule is Cc1ccc(C(=O)N(C)c2ccncc2N)cc1. The molecule has 2 aromatic rings. The molecule has 1 amide bonds.